The van der Waals surface area contributed by atoms with Gasteiger partial charge in [0, 0.05) is 20.7 Å². The van der Waals surface area contributed by atoms with Gasteiger partial charge in [-0.3, -0.25) is 4.68 Å². The van der Waals surface area contributed by atoms with Crippen LogP contribution in [0.5, 0.6) is 0 Å². The first-order chi connectivity index (χ1) is 8.91. The van der Waals surface area contributed by atoms with E-state index in [0.29, 0.717) is 6.42 Å². The molecule has 0 aliphatic carbocycles. The van der Waals surface area contributed by atoms with Crippen molar-refractivity contribution >= 4 is 21.6 Å². The summed E-state index contributed by atoms with van der Waals surface area (Å²) >= 11 is 5.89. The second-order valence-electron chi connectivity index (χ2n) is 4.43. The van der Waals surface area contributed by atoms with Gasteiger partial charge in [-0.2, -0.15) is 9.40 Å². The zero-order valence-corrected chi connectivity index (χ0v) is 12.2. The van der Waals surface area contributed by atoms with E-state index in [2.05, 4.69) is 5.10 Å². The molecule has 1 N–H and O–H groups in total. The van der Waals surface area contributed by atoms with Crippen LogP contribution in [0.25, 0.3) is 0 Å². The Bertz CT molecular complexity index is 540. The number of aromatic nitrogens is 2. The van der Waals surface area contributed by atoms with Crippen molar-refractivity contribution in [1.82, 2.24) is 14.1 Å². The normalized spacial score (nSPS) is 25.1. The molecule has 2 heterocycles. The molecule has 0 saturated carbocycles. The van der Waals surface area contributed by atoms with Crippen LogP contribution in [-0.2, 0) is 21.8 Å². The van der Waals surface area contributed by atoms with E-state index in [-0.39, 0.29) is 29.3 Å². The molecular weight excluding hydrogens is 294 g/mol. The van der Waals surface area contributed by atoms with Crippen LogP contribution in [0.15, 0.2) is 11.2 Å². The summed E-state index contributed by atoms with van der Waals surface area (Å²) in [7, 11) is -0.769. The Hall–Kier alpha value is -0.670. The molecule has 19 heavy (non-hydrogen) atoms. The Labute approximate surface area is 116 Å². The summed E-state index contributed by atoms with van der Waals surface area (Å²) in [5.74, 6) is 0. The molecular formula is C10H16ClN3O4S. The topological polar surface area (TPSA) is 84.7 Å². The van der Waals surface area contributed by atoms with E-state index in [1.807, 2.05) is 0 Å². The Balaban J connectivity index is 2.40. The molecule has 1 aliphatic rings. The largest absolute Gasteiger partial charge is 0.395 e. The van der Waals surface area contributed by atoms with E-state index in [1.165, 1.54) is 29.3 Å². The number of nitrogens with zero attached hydrogens (tertiary/aromatic N) is 3. The van der Waals surface area contributed by atoms with E-state index >= 15 is 0 Å². The highest BCUT2D eigenvalue weighted by Crippen LogP contribution is 2.30. The second-order valence-corrected chi connectivity index (χ2v) is 6.64. The molecule has 0 amide bonds. The monoisotopic (exact) mass is 309 g/mol. The van der Waals surface area contributed by atoms with Crippen LogP contribution in [0.1, 0.15) is 6.42 Å². The average molecular weight is 310 g/mol. The maximum Gasteiger partial charge on any atom is 0.262 e. The molecule has 0 bridgehead atoms. The fourth-order valence-electron chi connectivity index (χ4n) is 2.28. The number of hydrogen-bond donors (Lipinski definition) is 1. The van der Waals surface area contributed by atoms with Crippen LogP contribution in [0, 0.1) is 0 Å². The van der Waals surface area contributed by atoms with Crippen molar-refractivity contribution in [2.24, 2.45) is 7.05 Å². The highest BCUT2D eigenvalue weighted by Gasteiger charge is 2.42. The zero-order valence-electron chi connectivity index (χ0n) is 10.7. The maximum absolute atomic E-state index is 12.6. The van der Waals surface area contributed by atoms with E-state index in [4.69, 9.17) is 16.3 Å². The Kier molecular flexibility index (Phi) is 4.17. The Morgan fingerprint density at radius 2 is 2.32 bits per heavy atom. The molecule has 1 aliphatic heterocycles. The first-order valence-corrected chi connectivity index (χ1v) is 7.56. The standard InChI is InChI=1S/C10H16ClN3O4S/c1-13-10(9(11)4-12-13)19(16,17)14-5-8(18-2)3-7(14)6-15/h4,7-8,15H,3,5-6H2,1-2H3/t7-,8+/m0/s1. The highest BCUT2D eigenvalue weighted by molar-refractivity contribution is 7.89. The summed E-state index contributed by atoms with van der Waals surface area (Å²) in [6.45, 7) is -0.0554. The average Bonchev–Trinajstić information content (AvgIpc) is 2.93. The third-order valence-corrected chi connectivity index (χ3v) is 5.69. The molecule has 1 aromatic rings. The van der Waals surface area contributed by atoms with Crippen LogP contribution in [0.4, 0.5) is 0 Å². The summed E-state index contributed by atoms with van der Waals surface area (Å²) in [6, 6.07) is -0.499. The Morgan fingerprint density at radius 3 is 2.79 bits per heavy atom. The number of sulfonamides is 1. The van der Waals surface area contributed by atoms with Crippen molar-refractivity contribution in [3.8, 4) is 0 Å². The molecule has 0 spiro atoms. The lowest BCUT2D eigenvalue weighted by molar-refractivity contribution is 0.113. The number of aliphatic hydroxyl groups excluding tert-OH is 1. The molecule has 7 nitrogen and oxygen atoms in total. The lowest BCUT2D eigenvalue weighted by Gasteiger charge is -2.22. The molecule has 2 atom stereocenters. The molecule has 108 valence electrons. The lowest BCUT2D eigenvalue weighted by Crippen LogP contribution is -2.39. The fourth-order valence-corrected chi connectivity index (χ4v) is 4.55. The minimum atomic E-state index is -3.80. The number of methoxy groups -OCH3 is 1. The van der Waals surface area contributed by atoms with Gasteiger partial charge in [-0.15, -0.1) is 0 Å². The van der Waals surface area contributed by atoms with Crippen molar-refractivity contribution in [2.75, 3.05) is 20.3 Å². The number of ether oxygens (including phenoxy) is 1. The fraction of sp³-hybridized carbons (Fsp3) is 0.700. The molecule has 1 fully saturated rings. The van der Waals surface area contributed by atoms with Gasteiger partial charge < -0.3 is 9.84 Å². The maximum atomic E-state index is 12.6. The van der Waals surface area contributed by atoms with Gasteiger partial charge in [-0.05, 0) is 6.42 Å². The predicted molar refractivity (Wildman–Crippen MR) is 68.4 cm³/mol. The first kappa shape index (κ1) is 14.7. The van der Waals surface area contributed by atoms with Gasteiger partial charge in [0.1, 0.15) is 0 Å². The van der Waals surface area contributed by atoms with Gasteiger partial charge in [-0.25, -0.2) is 8.42 Å². The molecule has 1 saturated heterocycles. The van der Waals surface area contributed by atoms with Crippen LogP contribution in [-0.4, -0.2) is 60.0 Å². The summed E-state index contributed by atoms with van der Waals surface area (Å²) in [5, 5.41) is 13.2. The molecule has 0 radical (unpaired) electrons. The quantitative estimate of drug-likeness (QED) is 0.835. The van der Waals surface area contributed by atoms with Gasteiger partial charge in [0.15, 0.2) is 5.03 Å². The van der Waals surface area contributed by atoms with E-state index in [9.17, 15) is 13.5 Å². The summed E-state index contributed by atoms with van der Waals surface area (Å²) in [5.41, 5.74) is 0. The molecule has 9 heteroatoms. The molecule has 2 rings (SSSR count). The van der Waals surface area contributed by atoms with Crippen LogP contribution < -0.4 is 0 Å². The van der Waals surface area contributed by atoms with Gasteiger partial charge in [-0.1, -0.05) is 11.6 Å². The molecule has 0 aromatic carbocycles. The highest BCUT2D eigenvalue weighted by atomic mass is 35.5. The minimum Gasteiger partial charge on any atom is -0.395 e. The number of rotatable bonds is 4. The predicted octanol–water partition coefficient (Wildman–Crippen LogP) is -0.156. The zero-order chi connectivity index (χ0) is 14.2. The smallest absolute Gasteiger partial charge is 0.262 e. The number of aliphatic hydroxyl groups is 1. The summed E-state index contributed by atoms with van der Waals surface area (Å²) < 4.78 is 32.8. The van der Waals surface area contributed by atoms with E-state index < -0.39 is 16.1 Å². The van der Waals surface area contributed by atoms with E-state index in [0.717, 1.165) is 0 Å². The summed E-state index contributed by atoms with van der Waals surface area (Å²) in [6.07, 6.45) is 1.52. The first-order valence-electron chi connectivity index (χ1n) is 5.74. The van der Waals surface area contributed by atoms with Crippen LogP contribution >= 0.6 is 11.6 Å². The van der Waals surface area contributed by atoms with Crippen molar-refractivity contribution in [3.63, 3.8) is 0 Å². The van der Waals surface area contributed by atoms with Crippen molar-refractivity contribution in [3.05, 3.63) is 11.2 Å². The van der Waals surface area contributed by atoms with Crippen LogP contribution in [0.2, 0.25) is 5.02 Å². The number of hydrogen-bond acceptors (Lipinski definition) is 5. The molecule has 0 unspecified atom stereocenters. The van der Waals surface area contributed by atoms with E-state index in [1.54, 1.807) is 0 Å². The van der Waals surface area contributed by atoms with Crippen LogP contribution in [0.3, 0.4) is 0 Å². The van der Waals surface area contributed by atoms with Gasteiger partial charge in [0.2, 0.25) is 0 Å². The van der Waals surface area contributed by atoms with Gasteiger partial charge >= 0.3 is 0 Å². The second kappa shape index (κ2) is 5.37. The third kappa shape index (κ3) is 2.50. The van der Waals surface area contributed by atoms with Crippen molar-refractivity contribution in [1.29, 1.82) is 0 Å². The van der Waals surface area contributed by atoms with Crippen molar-refractivity contribution < 1.29 is 18.3 Å². The number of halogens is 1. The van der Waals surface area contributed by atoms with Crippen molar-refractivity contribution in [2.45, 2.75) is 23.6 Å². The molecule has 1 aromatic heterocycles. The third-order valence-electron chi connectivity index (χ3n) is 3.27. The Morgan fingerprint density at radius 1 is 1.63 bits per heavy atom. The lowest BCUT2D eigenvalue weighted by atomic mass is 10.2. The minimum absolute atomic E-state index is 0.0654. The number of aryl methyl sites for hydroxylation is 1. The SMILES string of the molecule is CO[C@@H]1C[C@@H](CO)N(S(=O)(=O)c2c(Cl)cnn2C)C1. The summed E-state index contributed by atoms with van der Waals surface area (Å²) in [4.78, 5) is 0. The van der Waals surface area contributed by atoms with Gasteiger partial charge in [0.25, 0.3) is 10.0 Å². The van der Waals surface area contributed by atoms with Gasteiger partial charge in [0.05, 0.1) is 30.0 Å².